The molecule has 0 spiro atoms. The maximum absolute atomic E-state index is 12.7. The lowest BCUT2D eigenvalue weighted by molar-refractivity contribution is -0.111. The fourth-order valence-electron chi connectivity index (χ4n) is 3.44. The number of amides is 1. The van der Waals surface area contributed by atoms with Gasteiger partial charge in [0.2, 0.25) is 5.91 Å². The summed E-state index contributed by atoms with van der Waals surface area (Å²) < 4.78 is 12.0. The summed E-state index contributed by atoms with van der Waals surface area (Å²) in [4.78, 5) is 25.4. The minimum atomic E-state index is -0.470. The maximum Gasteiger partial charge on any atom is 0.341 e. The fraction of sp³-hybridized carbons (Fsp3) is 0.103. The van der Waals surface area contributed by atoms with Crippen molar-refractivity contribution in [3.63, 3.8) is 0 Å². The van der Waals surface area contributed by atoms with Crippen LogP contribution in [-0.2, 0) is 16.1 Å². The van der Waals surface area contributed by atoms with E-state index in [1.165, 1.54) is 17.4 Å². The predicted molar refractivity (Wildman–Crippen MR) is 148 cm³/mol. The van der Waals surface area contributed by atoms with E-state index in [2.05, 4.69) is 21.2 Å². The third-order valence-corrected chi connectivity index (χ3v) is 6.64. The largest absolute Gasteiger partial charge is 0.489 e. The van der Waals surface area contributed by atoms with Crippen molar-refractivity contribution in [3.05, 3.63) is 111 Å². The molecule has 0 aliphatic heterocycles. The highest BCUT2D eigenvalue weighted by Crippen LogP contribution is 2.36. The van der Waals surface area contributed by atoms with Crippen LogP contribution < -0.4 is 10.1 Å². The van der Waals surface area contributed by atoms with E-state index in [0.29, 0.717) is 17.2 Å². The second-order valence-electron chi connectivity index (χ2n) is 7.75. The Labute approximate surface area is 222 Å². The standard InChI is InChI=1S/C29H24BrNO4S/c1-2-34-29(33)27-25(22-11-13-23(30)14-12-22)19-36-28(27)31-26(32)17-10-20-8-15-24(16-9-20)35-18-21-6-4-3-5-7-21/h3-17,19H,2,18H2,1H3,(H,31,32). The molecule has 182 valence electrons. The van der Waals surface area contributed by atoms with Gasteiger partial charge in [0.1, 0.15) is 22.9 Å². The molecule has 4 rings (SSSR count). The summed E-state index contributed by atoms with van der Waals surface area (Å²) in [7, 11) is 0. The molecule has 36 heavy (non-hydrogen) atoms. The first-order valence-corrected chi connectivity index (χ1v) is 13.0. The Hall–Kier alpha value is -3.68. The van der Waals surface area contributed by atoms with Crippen LogP contribution in [0.3, 0.4) is 0 Å². The highest BCUT2D eigenvalue weighted by atomic mass is 79.9. The molecule has 0 radical (unpaired) electrons. The van der Waals surface area contributed by atoms with Crippen molar-refractivity contribution in [2.45, 2.75) is 13.5 Å². The first-order chi connectivity index (χ1) is 17.5. The zero-order valence-corrected chi connectivity index (χ0v) is 22.0. The summed E-state index contributed by atoms with van der Waals surface area (Å²) >= 11 is 4.72. The molecule has 7 heteroatoms. The molecule has 0 bridgehead atoms. The number of nitrogens with one attached hydrogen (secondary N) is 1. The average molecular weight is 562 g/mol. The molecule has 0 aliphatic carbocycles. The number of esters is 1. The van der Waals surface area contributed by atoms with E-state index in [-0.39, 0.29) is 12.5 Å². The highest BCUT2D eigenvalue weighted by molar-refractivity contribution is 9.10. The van der Waals surface area contributed by atoms with Crippen LogP contribution in [0.15, 0.2) is 94.8 Å². The van der Waals surface area contributed by atoms with Crippen molar-refractivity contribution in [1.82, 2.24) is 0 Å². The average Bonchev–Trinajstić information content (AvgIpc) is 3.31. The fourth-order valence-corrected chi connectivity index (χ4v) is 4.66. The van der Waals surface area contributed by atoms with E-state index in [4.69, 9.17) is 9.47 Å². The monoisotopic (exact) mass is 561 g/mol. The van der Waals surface area contributed by atoms with Crippen molar-refractivity contribution in [2.75, 3.05) is 11.9 Å². The number of carbonyl (C=O) groups excluding carboxylic acids is 2. The molecule has 0 atom stereocenters. The van der Waals surface area contributed by atoms with Crippen LogP contribution in [0.25, 0.3) is 17.2 Å². The topological polar surface area (TPSA) is 64.6 Å². The third kappa shape index (κ3) is 6.71. The summed E-state index contributed by atoms with van der Waals surface area (Å²) in [6.45, 7) is 2.49. The number of benzene rings is 3. The number of hydrogen-bond acceptors (Lipinski definition) is 5. The third-order valence-electron chi connectivity index (χ3n) is 5.22. The van der Waals surface area contributed by atoms with Crippen molar-refractivity contribution in [3.8, 4) is 16.9 Å². The number of ether oxygens (including phenoxy) is 2. The smallest absolute Gasteiger partial charge is 0.341 e. The summed E-state index contributed by atoms with van der Waals surface area (Å²) in [5.41, 5.74) is 3.88. The van der Waals surface area contributed by atoms with Crippen molar-refractivity contribution in [2.24, 2.45) is 0 Å². The van der Waals surface area contributed by atoms with Crippen molar-refractivity contribution < 1.29 is 19.1 Å². The van der Waals surface area contributed by atoms with Crippen LogP contribution in [-0.4, -0.2) is 18.5 Å². The Balaban J connectivity index is 1.43. The molecular formula is C29H24BrNO4S. The molecular weight excluding hydrogens is 538 g/mol. The summed E-state index contributed by atoms with van der Waals surface area (Å²) in [6, 6.07) is 25.1. The summed E-state index contributed by atoms with van der Waals surface area (Å²) in [6.07, 6.45) is 3.15. The van der Waals surface area contributed by atoms with Gasteiger partial charge in [-0.1, -0.05) is 70.5 Å². The number of thiophene rings is 1. The van der Waals surface area contributed by atoms with Crippen LogP contribution in [0, 0.1) is 0 Å². The minimum Gasteiger partial charge on any atom is -0.489 e. The molecule has 0 aliphatic rings. The zero-order chi connectivity index (χ0) is 25.3. The lowest BCUT2D eigenvalue weighted by Crippen LogP contribution is -2.12. The molecule has 0 saturated heterocycles. The van der Waals surface area contributed by atoms with E-state index >= 15 is 0 Å². The van der Waals surface area contributed by atoms with E-state index in [9.17, 15) is 9.59 Å². The van der Waals surface area contributed by atoms with Crippen molar-refractivity contribution in [1.29, 1.82) is 0 Å². The first kappa shape index (κ1) is 25.4. The molecule has 1 heterocycles. The van der Waals surface area contributed by atoms with Gasteiger partial charge in [0, 0.05) is 21.5 Å². The first-order valence-electron chi connectivity index (χ1n) is 11.3. The van der Waals surface area contributed by atoms with E-state index in [1.54, 1.807) is 13.0 Å². The quantitative estimate of drug-likeness (QED) is 0.169. The minimum absolute atomic E-state index is 0.243. The van der Waals surface area contributed by atoms with Crippen LogP contribution in [0.4, 0.5) is 5.00 Å². The lowest BCUT2D eigenvalue weighted by atomic mass is 10.0. The molecule has 1 N–H and O–H groups in total. The molecule has 1 aromatic heterocycles. The maximum atomic E-state index is 12.7. The second kappa shape index (κ2) is 12.3. The van der Waals surface area contributed by atoms with Crippen LogP contribution >= 0.6 is 27.3 Å². The van der Waals surface area contributed by atoms with Gasteiger partial charge in [0.25, 0.3) is 0 Å². The van der Waals surface area contributed by atoms with Gasteiger partial charge in [-0.3, -0.25) is 4.79 Å². The van der Waals surface area contributed by atoms with Gasteiger partial charge >= 0.3 is 5.97 Å². The van der Waals surface area contributed by atoms with Crippen LogP contribution in [0.1, 0.15) is 28.4 Å². The molecule has 1 amide bonds. The normalized spacial score (nSPS) is 10.8. The molecule has 5 nitrogen and oxygen atoms in total. The molecule has 0 fully saturated rings. The van der Waals surface area contributed by atoms with Gasteiger partial charge in [-0.05, 0) is 54.0 Å². The van der Waals surface area contributed by atoms with Crippen LogP contribution in [0.5, 0.6) is 5.75 Å². The molecule has 3 aromatic carbocycles. The van der Waals surface area contributed by atoms with Gasteiger partial charge in [-0.15, -0.1) is 11.3 Å². The molecule has 0 unspecified atom stereocenters. The Morgan fingerprint density at radius 2 is 1.69 bits per heavy atom. The number of hydrogen-bond donors (Lipinski definition) is 1. The Morgan fingerprint density at radius 1 is 0.972 bits per heavy atom. The SMILES string of the molecule is CCOC(=O)c1c(-c2ccc(Br)cc2)csc1NC(=O)C=Cc1ccc(OCc2ccccc2)cc1. The number of halogens is 1. The van der Waals surface area contributed by atoms with E-state index < -0.39 is 5.97 Å². The Morgan fingerprint density at radius 3 is 2.39 bits per heavy atom. The molecule has 0 saturated carbocycles. The Kier molecular flexibility index (Phi) is 8.71. The Bertz CT molecular complexity index is 1350. The van der Waals surface area contributed by atoms with E-state index in [0.717, 1.165) is 32.5 Å². The second-order valence-corrected chi connectivity index (χ2v) is 9.54. The number of anilines is 1. The predicted octanol–water partition coefficient (Wildman–Crippen LogP) is 7.59. The van der Waals surface area contributed by atoms with Gasteiger partial charge in [0.05, 0.1) is 6.61 Å². The van der Waals surface area contributed by atoms with Gasteiger partial charge in [-0.2, -0.15) is 0 Å². The van der Waals surface area contributed by atoms with Gasteiger partial charge in [0.15, 0.2) is 0 Å². The molecule has 4 aromatic rings. The zero-order valence-electron chi connectivity index (χ0n) is 19.6. The van der Waals surface area contributed by atoms with Crippen LogP contribution in [0.2, 0.25) is 0 Å². The highest BCUT2D eigenvalue weighted by Gasteiger charge is 2.22. The lowest BCUT2D eigenvalue weighted by Gasteiger charge is -2.08. The number of rotatable bonds is 9. The number of carbonyl (C=O) groups is 2. The summed E-state index contributed by atoms with van der Waals surface area (Å²) in [5.74, 6) is -0.0604. The van der Waals surface area contributed by atoms with Gasteiger partial charge in [-0.25, -0.2) is 4.79 Å². The van der Waals surface area contributed by atoms with E-state index in [1.807, 2.05) is 84.2 Å². The van der Waals surface area contributed by atoms with Crippen molar-refractivity contribution >= 4 is 50.2 Å². The summed E-state index contributed by atoms with van der Waals surface area (Å²) in [5, 5.41) is 5.13. The van der Waals surface area contributed by atoms with Gasteiger partial charge < -0.3 is 14.8 Å².